The van der Waals surface area contributed by atoms with Crippen molar-refractivity contribution in [1.29, 1.82) is 0 Å². The van der Waals surface area contributed by atoms with E-state index in [9.17, 15) is 0 Å². The first-order valence-corrected chi connectivity index (χ1v) is 9.11. The van der Waals surface area contributed by atoms with Crippen LogP contribution >= 0.6 is 22.7 Å². The lowest BCUT2D eigenvalue weighted by Crippen LogP contribution is -2.37. The van der Waals surface area contributed by atoms with E-state index in [1.54, 1.807) is 22.7 Å². The molecule has 3 nitrogen and oxygen atoms in total. The van der Waals surface area contributed by atoms with Crippen molar-refractivity contribution in [2.75, 3.05) is 19.6 Å². The van der Waals surface area contributed by atoms with Crippen LogP contribution in [0, 0.1) is 0 Å². The lowest BCUT2D eigenvalue weighted by molar-refractivity contribution is 0.197. The number of aromatic nitrogens is 1. The molecule has 20 heavy (non-hydrogen) atoms. The van der Waals surface area contributed by atoms with E-state index in [1.807, 2.05) is 0 Å². The summed E-state index contributed by atoms with van der Waals surface area (Å²) in [7, 11) is 0. The Bertz CT molecular complexity index is 515. The molecule has 1 fully saturated rings. The number of nitrogens with zero attached hydrogens (tertiary/aromatic N) is 2. The summed E-state index contributed by atoms with van der Waals surface area (Å²) in [6.07, 6.45) is 2.47. The van der Waals surface area contributed by atoms with Crippen LogP contribution in [-0.4, -0.2) is 35.6 Å². The van der Waals surface area contributed by atoms with Crippen molar-refractivity contribution in [2.24, 2.45) is 0 Å². The minimum absolute atomic E-state index is 0.682. The third-order valence-electron chi connectivity index (χ3n) is 3.75. The number of thiazole rings is 1. The summed E-state index contributed by atoms with van der Waals surface area (Å²) in [6.45, 7) is 6.69. The molecular weight excluding hydrogens is 286 g/mol. The minimum Gasteiger partial charge on any atom is -0.315 e. The average Bonchev–Trinajstić information content (AvgIpc) is 3.20. The first kappa shape index (κ1) is 14.2. The van der Waals surface area contributed by atoms with Crippen LogP contribution in [0.2, 0.25) is 0 Å². The predicted octanol–water partition coefficient (Wildman–Crippen LogP) is 3.45. The second-order valence-electron chi connectivity index (χ2n) is 5.27. The molecule has 1 saturated heterocycles. The average molecular weight is 307 g/mol. The molecule has 0 amide bonds. The van der Waals surface area contributed by atoms with Gasteiger partial charge < -0.3 is 5.32 Å². The first-order valence-electron chi connectivity index (χ1n) is 7.28. The maximum atomic E-state index is 4.81. The number of nitrogens with one attached hydrogen (secondary N) is 1. The minimum atomic E-state index is 0.682. The smallest absolute Gasteiger partial charge is 0.124 e. The highest BCUT2D eigenvalue weighted by Gasteiger charge is 2.22. The fraction of sp³-hybridized carbons (Fsp3) is 0.533. The van der Waals surface area contributed by atoms with E-state index >= 15 is 0 Å². The zero-order valence-electron chi connectivity index (χ0n) is 11.8. The molecule has 1 aliphatic rings. The highest BCUT2D eigenvalue weighted by Crippen LogP contribution is 2.26. The lowest BCUT2D eigenvalue weighted by Gasteiger charge is -2.27. The normalized spacial score (nSPS) is 19.0. The second kappa shape index (κ2) is 6.80. The molecule has 0 aliphatic carbocycles. The summed E-state index contributed by atoms with van der Waals surface area (Å²) in [4.78, 5) is 7.40. The van der Waals surface area contributed by atoms with E-state index in [-0.39, 0.29) is 0 Å². The molecular formula is C15H21N3S2. The molecule has 1 N–H and O–H groups in total. The lowest BCUT2D eigenvalue weighted by atomic mass is 10.2. The van der Waals surface area contributed by atoms with Crippen molar-refractivity contribution in [3.8, 4) is 10.6 Å². The monoisotopic (exact) mass is 307 g/mol. The van der Waals surface area contributed by atoms with Gasteiger partial charge in [0.15, 0.2) is 0 Å². The Labute approximate surface area is 128 Å². The molecule has 0 spiro atoms. The summed E-state index contributed by atoms with van der Waals surface area (Å²) in [5.74, 6) is 0. The largest absolute Gasteiger partial charge is 0.315 e. The van der Waals surface area contributed by atoms with Crippen LogP contribution in [0.4, 0.5) is 0 Å². The van der Waals surface area contributed by atoms with Crippen LogP contribution in [0.25, 0.3) is 10.6 Å². The van der Waals surface area contributed by atoms with Crippen LogP contribution in [0.5, 0.6) is 0 Å². The van der Waals surface area contributed by atoms with Crippen LogP contribution in [-0.2, 0) is 6.54 Å². The van der Waals surface area contributed by atoms with E-state index < -0.39 is 0 Å². The highest BCUT2D eigenvalue weighted by molar-refractivity contribution is 7.14. The fourth-order valence-electron chi connectivity index (χ4n) is 2.74. The molecule has 1 unspecified atom stereocenters. The summed E-state index contributed by atoms with van der Waals surface area (Å²) in [5.41, 5.74) is 2.48. The van der Waals surface area contributed by atoms with E-state index in [4.69, 9.17) is 4.98 Å². The fourth-order valence-corrected chi connectivity index (χ4v) is 4.26. The van der Waals surface area contributed by atoms with Gasteiger partial charge in [-0.3, -0.25) is 4.90 Å². The molecule has 0 saturated carbocycles. The molecule has 0 bridgehead atoms. The van der Waals surface area contributed by atoms with Gasteiger partial charge in [0.1, 0.15) is 5.01 Å². The summed E-state index contributed by atoms with van der Waals surface area (Å²) in [6, 6.07) is 2.83. The molecule has 3 rings (SSSR count). The summed E-state index contributed by atoms with van der Waals surface area (Å²) in [5, 5.41) is 11.1. The van der Waals surface area contributed by atoms with Gasteiger partial charge in [-0.2, -0.15) is 11.3 Å². The molecule has 2 aromatic rings. The molecule has 0 aromatic carbocycles. The van der Waals surface area contributed by atoms with Crippen LogP contribution < -0.4 is 5.32 Å². The third kappa shape index (κ3) is 3.28. The number of rotatable bonds is 6. The first-order chi connectivity index (χ1) is 9.86. The zero-order valence-corrected chi connectivity index (χ0v) is 13.5. The van der Waals surface area contributed by atoms with Crippen molar-refractivity contribution >= 4 is 22.7 Å². The topological polar surface area (TPSA) is 28.2 Å². The Hall–Kier alpha value is -0.750. The van der Waals surface area contributed by atoms with Gasteiger partial charge in [-0.25, -0.2) is 4.98 Å². The third-order valence-corrected chi connectivity index (χ3v) is 5.37. The van der Waals surface area contributed by atoms with Crippen molar-refractivity contribution < 1.29 is 0 Å². The van der Waals surface area contributed by atoms with Crippen molar-refractivity contribution in [2.45, 2.75) is 32.4 Å². The van der Waals surface area contributed by atoms with Gasteiger partial charge in [0.2, 0.25) is 0 Å². The van der Waals surface area contributed by atoms with Crippen molar-refractivity contribution in [1.82, 2.24) is 15.2 Å². The summed E-state index contributed by atoms with van der Waals surface area (Å²) >= 11 is 3.50. The molecule has 2 aromatic heterocycles. The van der Waals surface area contributed by atoms with Gasteiger partial charge >= 0.3 is 0 Å². The van der Waals surface area contributed by atoms with Gasteiger partial charge in [-0.15, -0.1) is 11.3 Å². The van der Waals surface area contributed by atoms with Crippen molar-refractivity contribution in [3.63, 3.8) is 0 Å². The van der Waals surface area contributed by atoms with Crippen molar-refractivity contribution in [3.05, 3.63) is 27.9 Å². The quantitative estimate of drug-likeness (QED) is 0.886. The molecule has 1 atom stereocenters. The maximum Gasteiger partial charge on any atom is 0.124 e. The molecule has 0 radical (unpaired) electrons. The Morgan fingerprint density at radius 1 is 1.45 bits per heavy atom. The van der Waals surface area contributed by atoms with E-state index in [0.717, 1.165) is 31.2 Å². The number of hydrogen-bond acceptors (Lipinski definition) is 5. The molecule has 5 heteroatoms. The highest BCUT2D eigenvalue weighted by atomic mass is 32.1. The molecule has 3 heterocycles. The SMILES string of the molecule is CCCN(Cc1csc(-c2ccsc2)n1)C1CCNC1. The van der Waals surface area contributed by atoms with E-state index in [1.165, 1.54) is 24.1 Å². The van der Waals surface area contributed by atoms with E-state index in [2.05, 4.69) is 39.3 Å². The molecule has 108 valence electrons. The van der Waals surface area contributed by atoms with E-state index in [0.29, 0.717) is 6.04 Å². The summed E-state index contributed by atoms with van der Waals surface area (Å²) < 4.78 is 0. The van der Waals surface area contributed by atoms with Crippen LogP contribution in [0.1, 0.15) is 25.5 Å². The Morgan fingerprint density at radius 2 is 2.40 bits per heavy atom. The number of thiophene rings is 1. The predicted molar refractivity (Wildman–Crippen MR) is 87.4 cm³/mol. The molecule has 1 aliphatic heterocycles. The second-order valence-corrected chi connectivity index (χ2v) is 6.91. The van der Waals surface area contributed by atoms with Gasteiger partial charge in [-0.05, 0) is 37.4 Å². The standard InChI is InChI=1S/C15H21N3S2/c1-2-6-18(14-3-5-16-8-14)9-13-11-20-15(17-13)12-4-7-19-10-12/h4,7,10-11,14,16H,2-3,5-6,8-9H2,1H3. The maximum absolute atomic E-state index is 4.81. The Balaban J connectivity index is 1.68. The Kier molecular flexibility index (Phi) is 4.83. The van der Waals surface area contributed by atoms with Gasteiger partial charge in [0.25, 0.3) is 0 Å². The van der Waals surface area contributed by atoms with Gasteiger partial charge in [-0.1, -0.05) is 6.92 Å². The number of hydrogen-bond donors (Lipinski definition) is 1. The van der Waals surface area contributed by atoms with Gasteiger partial charge in [0, 0.05) is 35.5 Å². The van der Waals surface area contributed by atoms with Crippen LogP contribution in [0.15, 0.2) is 22.2 Å². The van der Waals surface area contributed by atoms with Gasteiger partial charge in [0.05, 0.1) is 5.69 Å². The zero-order chi connectivity index (χ0) is 13.8. The Morgan fingerprint density at radius 3 is 3.10 bits per heavy atom. The van der Waals surface area contributed by atoms with Crippen LogP contribution in [0.3, 0.4) is 0 Å².